The number of carbonyl (C=O) groups is 1. The number of hydrogen-bond donors (Lipinski definition) is 1. The minimum absolute atomic E-state index is 0.0686. The number of nitrogens with two attached hydrogens (primary N) is 1. The van der Waals surface area contributed by atoms with E-state index in [4.69, 9.17) is 5.73 Å². The number of piperidine rings is 1. The zero-order chi connectivity index (χ0) is 11.7. The molecule has 1 amide bonds. The first kappa shape index (κ1) is 11.1. The average Bonchev–Trinajstić information content (AvgIpc) is 2.23. The van der Waals surface area contributed by atoms with Crippen molar-refractivity contribution >= 4 is 11.6 Å². The Morgan fingerprint density at radius 3 is 2.94 bits per heavy atom. The van der Waals surface area contributed by atoms with Gasteiger partial charge in [0.1, 0.15) is 5.82 Å². The molecule has 0 radical (unpaired) electrons. The van der Waals surface area contributed by atoms with Crippen LogP contribution in [0.25, 0.3) is 0 Å². The van der Waals surface area contributed by atoms with Crippen molar-refractivity contribution in [3.8, 4) is 0 Å². The van der Waals surface area contributed by atoms with Gasteiger partial charge in [0.2, 0.25) is 5.91 Å². The maximum atomic E-state index is 13.0. The molecule has 1 aromatic carbocycles. The van der Waals surface area contributed by atoms with Crippen molar-refractivity contribution in [2.45, 2.75) is 25.8 Å². The van der Waals surface area contributed by atoms with E-state index >= 15 is 0 Å². The van der Waals surface area contributed by atoms with Crippen LogP contribution in [0.2, 0.25) is 0 Å². The van der Waals surface area contributed by atoms with E-state index in [0.717, 1.165) is 24.1 Å². The second-order valence-corrected chi connectivity index (χ2v) is 4.17. The van der Waals surface area contributed by atoms with Gasteiger partial charge in [-0.3, -0.25) is 4.79 Å². The summed E-state index contributed by atoms with van der Waals surface area (Å²) in [5.41, 5.74) is 7.25. The summed E-state index contributed by atoms with van der Waals surface area (Å²) in [5.74, 6) is -0.351. The Labute approximate surface area is 94.0 Å². The van der Waals surface area contributed by atoms with E-state index < -0.39 is 6.04 Å². The summed E-state index contributed by atoms with van der Waals surface area (Å²) in [6.45, 7) is 2.46. The van der Waals surface area contributed by atoms with Gasteiger partial charge in [-0.1, -0.05) is 0 Å². The number of hydrogen-bond acceptors (Lipinski definition) is 2. The fourth-order valence-corrected chi connectivity index (χ4v) is 2.06. The summed E-state index contributed by atoms with van der Waals surface area (Å²) in [7, 11) is 0. The SMILES string of the molecule is Cc1cc(F)ccc1N1CCCC(N)C1=O. The molecule has 0 bridgehead atoms. The molecule has 1 aliphatic heterocycles. The first-order valence-corrected chi connectivity index (χ1v) is 5.42. The van der Waals surface area contributed by atoms with Gasteiger partial charge in [0.05, 0.1) is 6.04 Å². The van der Waals surface area contributed by atoms with Gasteiger partial charge in [-0.25, -0.2) is 4.39 Å². The Bertz CT molecular complexity index is 419. The average molecular weight is 222 g/mol. The van der Waals surface area contributed by atoms with Gasteiger partial charge in [-0.05, 0) is 43.5 Å². The van der Waals surface area contributed by atoms with E-state index in [0.29, 0.717) is 6.54 Å². The van der Waals surface area contributed by atoms with Gasteiger partial charge in [0.25, 0.3) is 0 Å². The molecule has 0 saturated carbocycles. The summed E-state index contributed by atoms with van der Waals surface area (Å²) >= 11 is 0. The lowest BCUT2D eigenvalue weighted by Gasteiger charge is -2.31. The fourth-order valence-electron chi connectivity index (χ4n) is 2.06. The number of amides is 1. The molecule has 2 N–H and O–H groups in total. The van der Waals surface area contributed by atoms with Gasteiger partial charge in [-0.15, -0.1) is 0 Å². The molecule has 3 nitrogen and oxygen atoms in total. The third kappa shape index (κ3) is 1.93. The number of nitrogens with zero attached hydrogens (tertiary/aromatic N) is 1. The standard InChI is InChI=1S/C12H15FN2O/c1-8-7-9(13)4-5-11(8)15-6-2-3-10(14)12(15)16/h4-5,7,10H,2-3,6,14H2,1H3. The molecule has 16 heavy (non-hydrogen) atoms. The largest absolute Gasteiger partial charge is 0.320 e. The number of benzene rings is 1. The molecule has 1 atom stereocenters. The van der Waals surface area contributed by atoms with Crippen molar-refractivity contribution in [1.82, 2.24) is 0 Å². The first-order valence-electron chi connectivity index (χ1n) is 5.42. The van der Waals surface area contributed by atoms with E-state index in [1.54, 1.807) is 17.9 Å². The molecule has 0 spiro atoms. The molecular weight excluding hydrogens is 207 g/mol. The Kier molecular flexibility index (Phi) is 2.92. The van der Waals surface area contributed by atoms with Crippen molar-refractivity contribution in [2.75, 3.05) is 11.4 Å². The molecule has 1 heterocycles. The van der Waals surface area contributed by atoms with Crippen molar-refractivity contribution in [1.29, 1.82) is 0 Å². The molecule has 1 unspecified atom stereocenters. The van der Waals surface area contributed by atoms with Gasteiger partial charge in [-0.2, -0.15) is 0 Å². The molecule has 1 fully saturated rings. The Hall–Kier alpha value is -1.42. The topological polar surface area (TPSA) is 46.3 Å². The van der Waals surface area contributed by atoms with E-state index in [1.807, 2.05) is 0 Å². The summed E-state index contributed by atoms with van der Waals surface area (Å²) < 4.78 is 13.0. The van der Waals surface area contributed by atoms with Crippen LogP contribution in [0.3, 0.4) is 0 Å². The zero-order valence-electron chi connectivity index (χ0n) is 9.24. The number of halogens is 1. The smallest absolute Gasteiger partial charge is 0.243 e. The van der Waals surface area contributed by atoms with E-state index in [9.17, 15) is 9.18 Å². The van der Waals surface area contributed by atoms with Crippen LogP contribution in [0.4, 0.5) is 10.1 Å². The summed E-state index contributed by atoms with van der Waals surface area (Å²) in [5, 5.41) is 0. The minimum Gasteiger partial charge on any atom is -0.320 e. The van der Waals surface area contributed by atoms with E-state index in [-0.39, 0.29) is 11.7 Å². The number of anilines is 1. The predicted molar refractivity (Wildman–Crippen MR) is 60.7 cm³/mol. The lowest BCUT2D eigenvalue weighted by Crippen LogP contribution is -2.48. The lowest BCUT2D eigenvalue weighted by atomic mass is 10.0. The van der Waals surface area contributed by atoms with Gasteiger partial charge < -0.3 is 10.6 Å². The van der Waals surface area contributed by atoms with Crippen LogP contribution in [-0.2, 0) is 4.79 Å². The van der Waals surface area contributed by atoms with Crippen molar-refractivity contribution in [3.63, 3.8) is 0 Å². The zero-order valence-corrected chi connectivity index (χ0v) is 9.24. The Balaban J connectivity index is 2.32. The van der Waals surface area contributed by atoms with E-state index in [2.05, 4.69) is 0 Å². The highest BCUT2D eigenvalue weighted by Gasteiger charge is 2.27. The minimum atomic E-state index is -0.418. The highest BCUT2D eigenvalue weighted by Crippen LogP contribution is 2.24. The molecule has 1 aromatic rings. The fraction of sp³-hybridized carbons (Fsp3) is 0.417. The quantitative estimate of drug-likeness (QED) is 0.784. The number of aryl methyl sites for hydroxylation is 1. The van der Waals surface area contributed by atoms with Gasteiger partial charge >= 0.3 is 0 Å². The highest BCUT2D eigenvalue weighted by atomic mass is 19.1. The maximum Gasteiger partial charge on any atom is 0.243 e. The van der Waals surface area contributed by atoms with Crippen LogP contribution in [0.5, 0.6) is 0 Å². The molecule has 1 saturated heterocycles. The second kappa shape index (κ2) is 4.22. The molecule has 0 aromatic heterocycles. The summed E-state index contributed by atoms with van der Waals surface area (Å²) in [4.78, 5) is 13.5. The molecule has 1 aliphatic rings. The number of carbonyl (C=O) groups excluding carboxylic acids is 1. The molecule has 86 valence electrons. The Morgan fingerprint density at radius 1 is 1.50 bits per heavy atom. The lowest BCUT2D eigenvalue weighted by molar-refractivity contribution is -0.120. The summed E-state index contributed by atoms with van der Waals surface area (Å²) in [6, 6.07) is 4.03. The molecule has 0 aliphatic carbocycles. The summed E-state index contributed by atoms with van der Waals surface area (Å²) in [6.07, 6.45) is 1.62. The van der Waals surface area contributed by atoms with Crippen LogP contribution >= 0.6 is 0 Å². The Morgan fingerprint density at radius 2 is 2.25 bits per heavy atom. The monoisotopic (exact) mass is 222 g/mol. The third-order valence-corrected chi connectivity index (χ3v) is 2.93. The van der Waals surface area contributed by atoms with Crippen molar-refractivity contribution in [3.05, 3.63) is 29.6 Å². The normalized spacial score (nSPS) is 21.3. The first-order chi connectivity index (χ1) is 7.59. The van der Waals surface area contributed by atoms with Crippen molar-refractivity contribution in [2.24, 2.45) is 5.73 Å². The van der Waals surface area contributed by atoms with Crippen molar-refractivity contribution < 1.29 is 9.18 Å². The van der Waals surface area contributed by atoms with E-state index in [1.165, 1.54) is 12.1 Å². The van der Waals surface area contributed by atoms with Gasteiger partial charge in [0, 0.05) is 12.2 Å². The van der Waals surface area contributed by atoms with Gasteiger partial charge in [0.15, 0.2) is 0 Å². The van der Waals surface area contributed by atoms with Crippen LogP contribution in [0.1, 0.15) is 18.4 Å². The molecular formula is C12H15FN2O. The number of rotatable bonds is 1. The molecule has 4 heteroatoms. The van der Waals surface area contributed by atoms with Crippen LogP contribution in [0, 0.1) is 12.7 Å². The maximum absolute atomic E-state index is 13.0. The van der Waals surface area contributed by atoms with Crippen LogP contribution in [-0.4, -0.2) is 18.5 Å². The van der Waals surface area contributed by atoms with Crippen LogP contribution in [0.15, 0.2) is 18.2 Å². The third-order valence-electron chi connectivity index (χ3n) is 2.93. The predicted octanol–water partition coefficient (Wildman–Crippen LogP) is 1.59. The molecule has 2 rings (SSSR count). The second-order valence-electron chi connectivity index (χ2n) is 4.17. The highest BCUT2D eigenvalue weighted by molar-refractivity contribution is 5.98. The van der Waals surface area contributed by atoms with Crippen LogP contribution < -0.4 is 10.6 Å².